The van der Waals surface area contributed by atoms with Crippen LogP contribution in [0.5, 0.6) is 0 Å². The molecular weight excluding hydrogens is 443 g/mol. The van der Waals surface area contributed by atoms with Crippen molar-refractivity contribution >= 4 is 10.0 Å². The number of hydrogen-bond donors (Lipinski definition) is 1. The summed E-state index contributed by atoms with van der Waals surface area (Å²) in [4.78, 5) is 12.7. The van der Waals surface area contributed by atoms with Crippen LogP contribution in [0.4, 0.5) is 13.2 Å². The lowest BCUT2D eigenvalue weighted by molar-refractivity contribution is 0.568. The van der Waals surface area contributed by atoms with Gasteiger partial charge in [0, 0.05) is 5.56 Å². The van der Waals surface area contributed by atoms with Crippen LogP contribution < -0.4 is 10.7 Å². The molecule has 0 saturated carbocycles. The van der Waals surface area contributed by atoms with Crippen molar-refractivity contribution < 1.29 is 21.6 Å². The molecular formula is C22H14F3N3O3S. The van der Waals surface area contributed by atoms with Gasteiger partial charge in [-0.25, -0.2) is 26.7 Å². The SMILES string of the molecule is NS(=O)(=O)c1ccc(-c2cnn(-c3ccc(F)cc3)c(=O)c2-c2ccc(F)cc2)cc1F. The molecule has 6 nitrogen and oxygen atoms in total. The zero-order valence-electron chi connectivity index (χ0n) is 16.2. The first-order valence-electron chi connectivity index (χ1n) is 9.12. The fourth-order valence-corrected chi connectivity index (χ4v) is 3.82. The van der Waals surface area contributed by atoms with E-state index in [1.54, 1.807) is 0 Å². The Bertz CT molecular complexity index is 1480. The maximum absolute atomic E-state index is 14.5. The standard InChI is InChI=1S/C22H14F3N3O3S/c23-15-4-1-13(2-5-15)21-18(14-3-10-20(19(25)11-14)32(26,30)31)12-27-28(22(21)29)17-8-6-16(24)7-9-17/h1-12H,(H2,26,30,31). The number of benzene rings is 3. The van der Waals surface area contributed by atoms with Crippen molar-refractivity contribution in [3.05, 3.63) is 101 Å². The van der Waals surface area contributed by atoms with Gasteiger partial charge in [0.2, 0.25) is 10.0 Å². The summed E-state index contributed by atoms with van der Waals surface area (Å²) >= 11 is 0. The molecule has 0 amide bonds. The number of sulfonamides is 1. The van der Waals surface area contributed by atoms with Crippen LogP contribution in [0.2, 0.25) is 0 Å². The highest BCUT2D eigenvalue weighted by molar-refractivity contribution is 7.89. The van der Waals surface area contributed by atoms with Crippen molar-refractivity contribution in [3.63, 3.8) is 0 Å². The lowest BCUT2D eigenvalue weighted by Gasteiger charge is -2.13. The Morgan fingerprint density at radius 3 is 1.94 bits per heavy atom. The van der Waals surface area contributed by atoms with Crippen molar-refractivity contribution in [2.24, 2.45) is 5.14 Å². The van der Waals surface area contributed by atoms with Gasteiger partial charge in [-0.3, -0.25) is 4.79 Å². The Labute approximate surface area is 180 Å². The Kier molecular flexibility index (Phi) is 5.41. The fraction of sp³-hybridized carbons (Fsp3) is 0. The third kappa shape index (κ3) is 4.05. The van der Waals surface area contributed by atoms with Gasteiger partial charge in [-0.15, -0.1) is 0 Å². The van der Waals surface area contributed by atoms with Crippen molar-refractivity contribution in [1.82, 2.24) is 9.78 Å². The van der Waals surface area contributed by atoms with Crippen LogP contribution in [0.1, 0.15) is 0 Å². The summed E-state index contributed by atoms with van der Waals surface area (Å²) in [5, 5.41) is 9.11. The van der Waals surface area contributed by atoms with E-state index in [0.717, 1.165) is 41.1 Å². The lowest BCUT2D eigenvalue weighted by Crippen LogP contribution is -2.23. The van der Waals surface area contributed by atoms with Crippen LogP contribution in [0.3, 0.4) is 0 Å². The van der Waals surface area contributed by atoms with Gasteiger partial charge in [0.15, 0.2) is 0 Å². The predicted octanol–water partition coefficient (Wildman–Crippen LogP) is 3.63. The summed E-state index contributed by atoms with van der Waals surface area (Å²) < 4.78 is 65.3. The smallest absolute Gasteiger partial charge is 0.267 e. The Hall–Kier alpha value is -3.76. The summed E-state index contributed by atoms with van der Waals surface area (Å²) in [7, 11) is -4.28. The average molecular weight is 457 g/mol. The van der Waals surface area contributed by atoms with E-state index in [-0.39, 0.29) is 22.4 Å². The molecule has 0 spiro atoms. The van der Waals surface area contributed by atoms with E-state index in [4.69, 9.17) is 5.14 Å². The van der Waals surface area contributed by atoms with Gasteiger partial charge < -0.3 is 0 Å². The van der Waals surface area contributed by atoms with E-state index in [2.05, 4.69) is 5.10 Å². The molecule has 2 N–H and O–H groups in total. The number of hydrogen-bond acceptors (Lipinski definition) is 4. The highest BCUT2D eigenvalue weighted by atomic mass is 32.2. The van der Waals surface area contributed by atoms with E-state index >= 15 is 0 Å². The molecule has 0 unspecified atom stereocenters. The van der Waals surface area contributed by atoms with Gasteiger partial charge >= 0.3 is 0 Å². The van der Waals surface area contributed by atoms with Gasteiger partial charge in [0.1, 0.15) is 22.3 Å². The second-order valence-electron chi connectivity index (χ2n) is 6.82. The maximum Gasteiger partial charge on any atom is 0.279 e. The summed E-state index contributed by atoms with van der Waals surface area (Å²) in [6.07, 6.45) is 1.29. The maximum atomic E-state index is 14.5. The van der Waals surface area contributed by atoms with E-state index in [1.807, 2.05) is 0 Å². The normalized spacial score (nSPS) is 11.5. The largest absolute Gasteiger partial charge is 0.279 e. The Morgan fingerprint density at radius 2 is 1.38 bits per heavy atom. The molecule has 0 atom stereocenters. The molecule has 0 fully saturated rings. The molecule has 4 aromatic rings. The molecule has 0 aliphatic rings. The topological polar surface area (TPSA) is 95.1 Å². The number of nitrogens with two attached hydrogens (primary N) is 1. The highest BCUT2D eigenvalue weighted by Crippen LogP contribution is 2.31. The minimum Gasteiger partial charge on any atom is -0.267 e. The Balaban J connectivity index is 1.98. The summed E-state index contributed by atoms with van der Waals surface area (Å²) in [6, 6.07) is 13.3. The zero-order valence-corrected chi connectivity index (χ0v) is 17.0. The minimum absolute atomic E-state index is 0.0621. The van der Waals surface area contributed by atoms with Crippen molar-refractivity contribution in [3.8, 4) is 27.9 Å². The third-order valence-corrected chi connectivity index (χ3v) is 5.68. The molecule has 0 bridgehead atoms. The van der Waals surface area contributed by atoms with Crippen molar-refractivity contribution in [2.75, 3.05) is 0 Å². The molecule has 4 rings (SSSR count). The van der Waals surface area contributed by atoms with Gasteiger partial charge in [-0.1, -0.05) is 18.2 Å². The molecule has 32 heavy (non-hydrogen) atoms. The zero-order chi connectivity index (χ0) is 23.0. The second kappa shape index (κ2) is 8.06. The average Bonchev–Trinajstić information content (AvgIpc) is 2.74. The van der Waals surface area contributed by atoms with Crippen LogP contribution in [0.25, 0.3) is 27.9 Å². The van der Waals surface area contributed by atoms with E-state index in [1.165, 1.54) is 36.5 Å². The predicted molar refractivity (Wildman–Crippen MR) is 112 cm³/mol. The van der Waals surface area contributed by atoms with Gasteiger partial charge in [-0.05, 0) is 59.7 Å². The van der Waals surface area contributed by atoms with Crippen LogP contribution in [0.15, 0.2) is 82.6 Å². The lowest BCUT2D eigenvalue weighted by atomic mass is 9.97. The number of halogens is 3. The van der Waals surface area contributed by atoms with Crippen LogP contribution >= 0.6 is 0 Å². The van der Waals surface area contributed by atoms with Crippen molar-refractivity contribution in [1.29, 1.82) is 0 Å². The third-order valence-electron chi connectivity index (χ3n) is 4.73. The molecule has 10 heteroatoms. The number of rotatable bonds is 4. The minimum atomic E-state index is -4.28. The molecule has 0 aliphatic carbocycles. The first kappa shape index (κ1) is 21.5. The summed E-state index contributed by atoms with van der Waals surface area (Å²) in [5.74, 6) is -2.12. The van der Waals surface area contributed by atoms with E-state index in [9.17, 15) is 26.4 Å². The van der Waals surface area contributed by atoms with Crippen LogP contribution in [-0.2, 0) is 10.0 Å². The molecule has 0 saturated heterocycles. The number of nitrogens with zero attached hydrogens (tertiary/aromatic N) is 2. The van der Waals surface area contributed by atoms with Crippen LogP contribution in [-0.4, -0.2) is 18.2 Å². The molecule has 162 valence electrons. The first-order chi connectivity index (χ1) is 15.1. The molecule has 3 aromatic carbocycles. The van der Waals surface area contributed by atoms with Crippen LogP contribution in [0, 0.1) is 17.5 Å². The quantitative estimate of drug-likeness (QED) is 0.506. The van der Waals surface area contributed by atoms with Gasteiger partial charge in [0.05, 0.1) is 17.4 Å². The molecule has 0 aliphatic heterocycles. The van der Waals surface area contributed by atoms with E-state index in [0.29, 0.717) is 5.56 Å². The fourth-order valence-electron chi connectivity index (χ4n) is 3.23. The Morgan fingerprint density at radius 1 is 0.812 bits per heavy atom. The monoisotopic (exact) mass is 457 g/mol. The highest BCUT2D eigenvalue weighted by Gasteiger charge is 2.20. The number of primary sulfonamides is 1. The van der Waals surface area contributed by atoms with E-state index < -0.39 is 37.9 Å². The molecule has 1 aromatic heterocycles. The molecule has 0 radical (unpaired) electrons. The molecule has 1 heterocycles. The first-order valence-corrected chi connectivity index (χ1v) is 10.7. The van der Waals surface area contributed by atoms with Gasteiger partial charge in [-0.2, -0.15) is 9.78 Å². The second-order valence-corrected chi connectivity index (χ2v) is 8.35. The number of aromatic nitrogens is 2. The van der Waals surface area contributed by atoms with Gasteiger partial charge in [0.25, 0.3) is 5.56 Å². The summed E-state index contributed by atoms with van der Waals surface area (Å²) in [6.45, 7) is 0. The summed E-state index contributed by atoms with van der Waals surface area (Å²) in [5.41, 5.74) is 0.372. The van der Waals surface area contributed by atoms with Crippen molar-refractivity contribution in [2.45, 2.75) is 4.90 Å².